The lowest BCUT2D eigenvalue weighted by Gasteiger charge is -2.23. The summed E-state index contributed by atoms with van der Waals surface area (Å²) >= 11 is 0. The van der Waals surface area contributed by atoms with E-state index in [0.29, 0.717) is 5.92 Å². The van der Waals surface area contributed by atoms with Gasteiger partial charge in [-0.1, -0.05) is 43.5 Å². The van der Waals surface area contributed by atoms with Gasteiger partial charge in [0.15, 0.2) is 0 Å². The van der Waals surface area contributed by atoms with Crippen LogP contribution in [0.5, 0.6) is 0 Å². The second-order valence-corrected chi connectivity index (χ2v) is 4.56. The van der Waals surface area contributed by atoms with Crippen molar-refractivity contribution in [3.63, 3.8) is 0 Å². The van der Waals surface area contributed by atoms with E-state index in [9.17, 15) is 0 Å². The lowest BCUT2D eigenvalue weighted by atomic mass is 9.82. The zero-order chi connectivity index (χ0) is 10.7. The summed E-state index contributed by atoms with van der Waals surface area (Å²) in [5.41, 5.74) is 3.27. The molecule has 0 amide bonds. The zero-order valence-electron chi connectivity index (χ0n) is 9.42. The summed E-state index contributed by atoms with van der Waals surface area (Å²) in [4.78, 5) is 0. The molecule has 0 saturated heterocycles. The van der Waals surface area contributed by atoms with Crippen molar-refractivity contribution in [2.24, 2.45) is 5.92 Å². The maximum Gasteiger partial charge on any atom is 0.0419 e. The van der Waals surface area contributed by atoms with Gasteiger partial charge in [0.1, 0.15) is 0 Å². The normalized spacial score (nSPS) is 17.7. The van der Waals surface area contributed by atoms with Crippen molar-refractivity contribution in [3.8, 4) is 0 Å². The summed E-state index contributed by atoms with van der Waals surface area (Å²) in [5, 5.41) is 8.26. The highest BCUT2D eigenvalue weighted by Gasteiger charge is 2.19. The lowest BCUT2D eigenvalue weighted by molar-refractivity contribution is 0.438. The molecule has 1 aromatic carbocycles. The molecule has 80 valence electrons. The van der Waals surface area contributed by atoms with Crippen LogP contribution in [0, 0.1) is 18.3 Å². The van der Waals surface area contributed by atoms with Crippen LogP contribution in [-0.2, 0) is 0 Å². The van der Waals surface area contributed by atoms with Crippen LogP contribution < -0.4 is 0 Å². The van der Waals surface area contributed by atoms with E-state index in [2.05, 4.69) is 19.1 Å². The summed E-state index contributed by atoms with van der Waals surface area (Å²) in [5.74, 6) is 0.514. The Kier molecular flexibility index (Phi) is 3.20. The highest BCUT2D eigenvalue weighted by Crippen LogP contribution is 2.27. The Hall–Kier alpha value is -1.11. The predicted octanol–water partition coefficient (Wildman–Crippen LogP) is 3.94. The molecule has 0 heterocycles. The first kappa shape index (κ1) is 10.4. The van der Waals surface area contributed by atoms with Crippen LogP contribution in [0.15, 0.2) is 24.3 Å². The molecular weight excluding hydrogens is 182 g/mol. The molecule has 15 heavy (non-hydrogen) atoms. The van der Waals surface area contributed by atoms with Crippen molar-refractivity contribution in [1.29, 1.82) is 5.41 Å². The summed E-state index contributed by atoms with van der Waals surface area (Å²) < 4.78 is 0. The maximum absolute atomic E-state index is 8.26. The fourth-order valence-corrected chi connectivity index (χ4v) is 2.49. The minimum absolute atomic E-state index is 0.514. The molecular formula is C14H19N. The van der Waals surface area contributed by atoms with Crippen molar-refractivity contribution in [1.82, 2.24) is 0 Å². The number of rotatable bonds is 2. The molecule has 1 saturated carbocycles. The topological polar surface area (TPSA) is 23.9 Å². The predicted molar refractivity (Wildman–Crippen MR) is 64.6 cm³/mol. The van der Waals surface area contributed by atoms with E-state index in [4.69, 9.17) is 5.41 Å². The molecule has 1 N–H and O–H groups in total. The van der Waals surface area contributed by atoms with Gasteiger partial charge in [-0.25, -0.2) is 0 Å². The molecule has 1 nitrogen and oxygen atoms in total. The van der Waals surface area contributed by atoms with Crippen LogP contribution in [0.1, 0.15) is 43.2 Å². The van der Waals surface area contributed by atoms with Crippen molar-refractivity contribution in [2.75, 3.05) is 0 Å². The van der Waals surface area contributed by atoms with Gasteiger partial charge in [0.25, 0.3) is 0 Å². The van der Waals surface area contributed by atoms with Crippen LogP contribution in [0.4, 0.5) is 0 Å². The van der Waals surface area contributed by atoms with Crippen molar-refractivity contribution in [2.45, 2.75) is 39.0 Å². The summed E-state index contributed by atoms with van der Waals surface area (Å²) in [6, 6.07) is 8.28. The Balaban J connectivity index is 2.16. The highest BCUT2D eigenvalue weighted by molar-refractivity contribution is 6.01. The minimum atomic E-state index is 0.514. The van der Waals surface area contributed by atoms with Crippen LogP contribution in [0.25, 0.3) is 0 Å². The van der Waals surface area contributed by atoms with Crippen molar-refractivity contribution in [3.05, 3.63) is 35.4 Å². The molecule has 1 heteroatoms. The van der Waals surface area contributed by atoms with Crippen LogP contribution >= 0.6 is 0 Å². The highest BCUT2D eigenvalue weighted by atomic mass is 14.5. The molecule has 0 radical (unpaired) electrons. The zero-order valence-corrected chi connectivity index (χ0v) is 9.42. The van der Waals surface area contributed by atoms with Gasteiger partial charge in [-0.05, 0) is 30.9 Å². The van der Waals surface area contributed by atoms with Gasteiger partial charge in [0.2, 0.25) is 0 Å². The van der Waals surface area contributed by atoms with E-state index in [1.54, 1.807) is 0 Å². The summed E-state index contributed by atoms with van der Waals surface area (Å²) in [6.45, 7) is 2.10. The van der Waals surface area contributed by atoms with E-state index >= 15 is 0 Å². The van der Waals surface area contributed by atoms with E-state index in [-0.39, 0.29) is 0 Å². The van der Waals surface area contributed by atoms with Gasteiger partial charge in [0, 0.05) is 11.6 Å². The molecule has 1 aliphatic carbocycles. The Morgan fingerprint density at radius 1 is 1.13 bits per heavy atom. The smallest absolute Gasteiger partial charge is 0.0419 e. The molecule has 1 fully saturated rings. The van der Waals surface area contributed by atoms with Crippen LogP contribution in [-0.4, -0.2) is 5.71 Å². The van der Waals surface area contributed by atoms with Gasteiger partial charge in [0.05, 0.1) is 0 Å². The third-order valence-electron chi connectivity index (χ3n) is 3.45. The number of benzene rings is 1. The van der Waals surface area contributed by atoms with Crippen LogP contribution in [0.2, 0.25) is 0 Å². The quantitative estimate of drug-likeness (QED) is 0.701. The lowest BCUT2D eigenvalue weighted by Crippen LogP contribution is -2.18. The van der Waals surface area contributed by atoms with Gasteiger partial charge in [-0.3, -0.25) is 0 Å². The Labute approximate surface area is 92.0 Å². The second-order valence-electron chi connectivity index (χ2n) is 4.56. The standard InChI is InChI=1S/C14H19N/c1-11-7-5-6-10-13(11)14(15)12-8-3-2-4-9-12/h5-7,10,12,15H,2-4,8-9H2,1H3. The fraction of sp³-hybridized carbons (Fsp3) is 0.500. The number of nitrogens with one attached hydrogen (secondary N) is 1. The SMILES string of the molecule is Cc1ccccc1C(=N)C1CCCCC1. The van der Waals surface area contributed by atoms with Crippen molar-refractivity contribution < 1.29 is 0 Å². The number of hydrogen-bond donors (Lipinski definition) is 1. The van der Waals surface area contributed by atoms with E-state index in [1.807, 2.05) is 12.1 Å². The average Bonchev–Trinajstić information content (AvgIpc) is 2.30. The largest absolute Gasteiger partial charge is 0.304 e. The van der Waals surface area contributed by atoms with Crippen LogP contribution in [0.3, 0.4) is 0 Å². The van der Waals surface area contributed by atoms with Gasteiger partial charge >= 0.3 is 0 Å². The molecule has 0 aliphatic heterocycles. The molecule has 0 atom stereocenters. The summed E-state index contributed by atoms with van der Waals surface area (Å²) in [7, 11) is 0. The third kappa shape index (κ3) is 2.28. The number of hydrogen-bond acceptors (Lipinski definition) is 1. The second kappa shape index (κ2) is 4.61. The molecule has 0 bridgehead atoms. The molecule has 2 rings (SSSR count). The number of aryl methyl sites for hydroxylation is 1. The van der Waals surface area contributed by atoms with Gasteiger partial charge < -0.3 is 5.41 Å². The van der Waals surface area contributed by atoms with E-state index in [0.717, 1.165) is 11.3 Å². The average molecular weight is 201 g/mol. The van der Waals surface area contributed by atoms with Gasteiger partial charge in [-0.15, -0.1) is 0 Å². The maximum atomic E-state index is 8.26. The third-order valence-corrected chi connectivity index (χ3v) is 3.45. The Bertz CT molecular complexity index is 348. The molecule has 1 aromatic rings. The minimum Gasteiger partial charge on any atom is -0.304 e. The first-order chi connectivity index (χ1) is 7.29. The Morgan fingerprint density at radius 2 is 1.80 bits per heavy atom. The van der Waals surface area contributed by atoms with Gasteiger partial charge in [-0.2, -0.15) is 0 Å². The fourth-order valence-electron chi connectivity index (χ4n) is 2.49. The van der Waals surface area contributed by atoms with Crippen molar-refractivity contribution >= 4 is 5.71 Å². The molecule has 1 aliphatic rings. The Morgan fingerprint density at radius 3 is 2.47 bits per heavy atom. The molecule has 0 spiro atoms. The molecule has 0 unspecified atom stereocenters. The monoisotopic (exact) mass is 201 g/mol. The van der Waals surface area contributed by atoms with E-state index < -0.39 is 0 Å². The first-order valence-electron chi connectivity index (χ1n) is 5.93. The molecule has 0 aromatic heterocycles. The van der Waals surface area contributed by atoms with E-state index in [1.165, 1.54) is 37.7 Å². The summed E-state index contributed by atoms with van der Waals surface area (Å²) in [6.07, 6.45) is 6.40. The first-order valence-corrected chi connectivity index (χ1v) is 5.93.